The lowest BCUT2D eigenvalue weighted by Gasteiger charge is -2.20. The van der Waals surface area contributed by atoms with Gasteiger partial charge in [-0.3, -0.25) is 4.79 Å². The Bertz CT molecular complexity index is 425. The van der Waals surface area contributed by atoms with E-state index in [0.29, 0.717) is 11.9 Å². The first-order valence-corrected chi connectivity index (χ1v) is 6.29. The van der Waals surface area contributed by atoms with Crippen molar-refractivity contribution in [1.82, 2.24) is 15.3 Å². The maximum absolute atomic E-state index is 11.9. The number of nitrogens with zero attached hydrogens (tertiary/aromatic N) is 1. The summed E-state index contributed by atoms with van der Waals surface area (Å²) < 4.78 is 0. The van der Waals surface area contributed by atoms with Gasteiger partial charge < -0.3 is 10.3 Å². The molecule has 17 heavy (non-hydrogen) atoms. The molecule has 0 saturated heterocycles. The molecule has 2 atom stereocenters. The fourth-order valence-electron chi connectivity index (χ4n) is 2.27. The van der Waals surface area contributed by atoms with Crippen molar-refractivity contribution in [2.75, 3.05) is 0 Å². The minimum atomic E-state index is -0.0290. The molecule has 1 heterocycles. The van der Waals surface area contributed by atoms with Gasteiger partial charge in [-0.05, 0) is 34.1 Å². The lowest BCUT2D eigenvalue weighted by molar-refractivity contribution is 0.448. The Morgan fingerprint density at radius 1 is 1.35 bits per heavy atom. The first-order chi connectivity index (χ1) is 7.95. The fourth-order valence-corrected chi connectivity index (χ4v) is 2.27. The molecule has 1 rings (SSSR count). The summed E-state index contributed by atoms with van der Waals surface area (Å²) in [5, 5.41) is 3.44. The number of aromatic nitrogens is 2. The fraction of sp³-hybridized carbons (Fsp3) is 0.692. The van der Waals surface area contributed by atoms with Crippen molar-refractivity contribution in [1.29, 1.82) is 0 Å². The second-order valence-electron chi connectivity index (χ2n) is 4.73. The van der Waals surface area contributed by atoms with E-state index >= 15 is 0 Å². The maximum Gasteiger partial charge on any atom is 0.255 e. The second kappa shape index (κ2) is 5.96. The smallest absolute Gasteiger partial charge is 0.255 e. The standard InChI is InChI=1S/C13H23N3O/c1-6-7-8(2)14-9(3)12-10(4)15-11(5)16-13(12)17/h8-9,14H,6-7H2,1-5H3,(H,15,16,17). The highest BCUT2D eigenvalue weighted by atomic mass is 16.1. The number of rotatable bonds is 5. The number of hydrogen-bond donors (Lipinski definition) is 2. The topological polar surface area (TPSA) is 57.8 Å². The molecular weight excluding hydrogens is 214 g/mol. The summed E-state index contributed by atoms with van der Waals surface area (Å²) in [6, 6.07) is 0.448. The van der Waals surface area contributed by atoms with Crippen LogP contribution in [-0.2, 0) is 0 Å². The monoisotopic (exact) mass is 237 g/mol. The maximum atomic E-state index is 11.9. The lowest BCUT2D eigenvalue weighted by atomic mass is 10.1. The van der Waals surface area contributed by atoms with Crippen LogP contribution in [0, 0.1) is 13.8 Å². The third-order valence-electron chi connectivity index (χ3n) is 2.95. The summed E-state index contributed by atoms with van der Waals surface area (Å²) in [6.07, 6.45) is 2.25. The third-order valence-corrected chi connectivity index (χ3v) is 2.95. The molecule has 0 aliphatic rings. The van der Waals surface area contributed by atoms with Crippen LogP contribution in [0.4, 0.5) is 0 Å². The first kappa shape index (κ1) is 13.9. The van der Waals surface area contributed by atoms with Gasteiger partial charge in [-0.2, -0.15) is 0 Å². The second-order valence-corrected chi connectivity index (χ2v) is 4.73. The molecule has 1 aromatic heterocycles. The van der Waals surface area contributed by atoms with Crippen molar-refractivity contribution < 1.29 is 0 Å². The van der Waals surface area contributed by atoms with E-state index in [9.17, 15) is 4.79 Å². The molecule has 96 valence electrons. The van der Waals surface area contributed by atoms with Gasteiger partial charge in [0, 0.05) is 17.8 Å². The summed E-state index contributed by atoms with van der Waals surface area (Å²) in [5.41, 5.74) is 1.53. The lowest BCUT2D eigenvalue weighted by Crippen LogP contribution is -2.33. The summed E-state index contributed by atoms with van der Waals surface area (Å²) in [7, 11) is 0. The molecule has 0 aliphatic carbocycles. The van der Waals surface area contributed by atoms with Crippen LogP contribution >= 0.6 is 0 Å². The number of aromatic amines is 1. The van der Waals surface area contributed by atoms with Gasteiger partial charge in [0.1, 0.15) is 5.82 Å². The number of aryl methyl sites for hydroxylation is 2. The molecule has 0 bridgehead atoms. The van der Waals surface area contributed by atoms with Crippen LogP contribution in [0.5, 0.6) is 0 Å². The average Bonchev–Trinajstić information content (AvgIpc) is 2.15. The molecule has 0 radical (unpaired) electrons. The Labute approximate surface area is 103 Å². The Balaban J connectivity index is 2.89. The SMILES string of the molecule is CCCC(C)NC(C)c1c(C)nc(C)[nH]c1=O. The molecule has 0 aliphatic heterocycles. The average molecular weight is 237 g/mol. The van der Waals surface area contributed by atoms with E-state index < -0.39 is 0 Å². The molecular formula is C13H23N3O. The van der Waals surface area contributed by atoms with E-state index in [0.717, 1.165) is 24.1 Å². The van der Waals surface area contributed by atoms with Gasteiger partial charge in [-0.25, -0.2) is 4.98 Å². The molecule has 4 heteroatoms. The zero-order chi connectivity index (χ0) is 13.0. The zero-order valence-corrected chi connectivity index (χ0v) is 11.4. The van der Waals surface area contributed by atoms with Crippen molar-refractivity contribution in [3.8, 4) is 0 Å². The molecule has 0 amide bonds. The zero-order valence-electron chi connectivity index (χ0n) is 11.4. The van der Waals surface area contributed by atoms with Gasteiger partial charge in [0.05, 0.1) is 5.56 Å². The molecule has 0 saturated carbocycles. The van der Waals surface area contributed by atoms with E-state index in [1.165, 1.54) is 0 Å². The third kappa shape index (κ3) is 3.66. The predicted molar refractivity (Wildman–Crippen MR) is 70.3 cm³/mol. The van der Waals surface area contributed by atoms with Crippen molar-refractivity contribution in [3.05, 3.63) is 27.4 Å². The van der Waals surface area contributed by atoms with Crippen molar-refractivity contribution in [2.24, 2.45) is 0 Å². The largest absolute Gasteiger partial charge is 0.310 e. The molecule has 0 aromatic carbocycles. The van der Waals surface area contributed by atoms with Crippen LogP contribution < -0.4 is 10.9 Å². The molecule has 1 aromatic rings. The Kier molecular flexibility index (Phi) is 4.87. The highest BCUT2D eigenvalue weighted by Gasteiger charge is 2.15. The van der Waals surface area contributed by atoms with Crippen LogP contribution in [0.15, 0.2) is 4.79 Å². The van der Waals surface area contributed by atoms with Crippen molar-refractivity contribution in [3.63, 3.8) is 0 Å². The Morgan fingerprint density at radius 2 is 2.00 bits per heavy atom. The molecule has 2 N–H and O–H groups in total. The van der Waals surface area contributed by atoms with Gasteiger partial charge in [0.2, 0.25) is 0 Å². The van der Waals surface area contributed by atoms with Gasteiger partial charge in [0.15, 0.2) is 0 Å². The quantitative estimate of drug-likeness (QED) is 0.825. The Morgan fingerprint density at radius 3 is 2.53 bits per heavy atom. The van der Waals surface area contributed by atoms with Gasteiger partial charge in [0.25, 0.3) is 5.56 Å². The van der Waals surface area contributed by atoms with Gasteiger partial charge in [-0.15, -0.1) is 0 Å². The number of H-pyrrole nitrogens is 1. The highest BCUT2D eigenvalue weighted by molar-refractivity contribution is 5.20. The van der Waals surface area contributed by atoms with E-state index in [2.05, 4.69) is 29.1 Å². The van der Waals surface area contributed by atoms with E-state index in [1.54, 1.807) is 6.92 Å². The van der Waals surface area contributed by atoms with Gasteiger partial charge in [-0.1, -0.05) is 13.3 Å². The highest BCUT2D eigenvalue weighted by Crippen LogP contribution is 2.12. The number of hydrogen-bond acceptors (Lipinski definition) is 3. The summed E-state index contributed by atoms with van der Waals surface area (Å²) in [6.45, 7) is 10.0. The molecule has 4 nitrogen and oxygen atoms in total. The predicted octanol–water partition coefficient (Wildman–Crippen LogP) is 2.23. The van der Waals surface area contributed by atoms with Crippen LogP contribution in [0.1, 0.15) is 56.7 Å². The Hall–Kier alpha value is -1.16. The minimum Gasteiger partial charge on any atom is -0.310 e. The van der Waals surface area contributed by atoms with Crippen LogP contribution in [0.2, 0.25) is 0 Å². The van der Waals surface area contributed by atoms with Crippen LogP contribution in [0.3, 0.4) is 0 Å². The summed E-state index contributed by atoms with van der Waals surface area (Å²) >= 11 is 0. The van der Waals surface area contributed by atoms with E-state index in [-0.39, 0.29) is 11.6 Å². The summed E-state index contributed by atoms with van der Waals surface area (Å²) in [5.74, 6) is 0.671. The van der Waals surface area contributed by atoms with E-state index in [4.69, 9.17) is 0 Å². The first-order valence-electron chi connectivity index (χ1n) is 6.29. The molecule has 0 fully saturated rings. The van der Waals surface area contributed by atoms with Crippen LogP contribution in [0.25, 0.3) is 0 Å². The van der Waals surface area contributed by atoms with Crippen LogP contribution in [-0.4, -0.2) is 16.0 Å². The normalized spacial score (nSPS) is 14.6. The minimum absolute atomic E-state index is 0.0290. The molecule has 0 spiro atoms. The van der Waals surface area contributed by atoms with E-state index in [1.807, 2.05) is 13.8 Å². The number of nitrogens with one attached hydrogen (secondary N) is 2. The van der Waals surface area contributed by atoms with Gasteiger partial charge >= 0.3 is 0 Å². The van der Waals surface area contributed by atoms with Crippen molar-refractivity contribution >= 4 is 0 Å². The summed E-state index contributed by atoms with van der Waals surface area (Å²) in [4.78, 5) is 19.0. The van der Waals surface area contributed by atoms with Crippen molar-refractivity contribution in [2.45, 2.75) is 59.5 Å². The molecule has 2 unspecified atom stereocenters.